The fourth-order valence-electron chi connectivity index (χ4n) is 5.30. The van der Waals surface area contributed by atoms with E-state index in [1.807, 2.05) is 24.3 Å². The predicted octanol–water partition coefficient (Wildman–Crippen LogP) is 3.42. The number of morpholine rings is 2. The minimum atomic E-state index is -0.0157. The topological polar surface area (TPSA) is 103 Å². The van der Waals surface area contributed by atoms with E-state index in [9.17, 15) is 0 Å². The molecule has 184 valence electrons. The third kappa shape index (κ3) is 3.79. The number of nitrogens with two attached hydrogens (primary N) is 1. The molecule has 3 fully saturated rings. The van der Waals surface area contributed by atoms with Crippen LogP contribution in [0.15, 0.2) is 42.5 Å². The summed E-state index contributed by atoms with van der Waals surface area (Å²) < 4.78 is 11.8. The molecule has 9 heteroatoms. The van der Waals surface area contributed by atoms with Crippen LogP contribution < -0.4 is 15.5 Å². The van der Waals surface area contributed by atoms with Gasteiger partial charge in [-0.25, -0.2) is 9.97 Å². The maximum Gasteiger partial charge on any atom is 0.229 e. The van der Waals surface area contributed by atoms with Gasteiger partial charge in [-0.15, -0.1) is 0 Å². The Morgan fingerprint density at radius 1 is 0.972 bits per heavy atom. The average molecular weight is 484 g/mol. The normalized spacial score (nSPS) is 21.4. The summed E-state index contributed by atoms with van der Waals surface area (Å²) in [7, 11) is 0. The summed E-state index contributed by atoms with van der Waals surface area (Å²) in [6, 6.07) is 14.3. The highest BCUT2D eigenvalue weighted by Crippen LogP contribution is 2.43. The quantitative estimate of drug-likeness (QED) is 0.469. The second-order valence-electron chi connectivity index (χ2n) is 10.1. The first-order valence-corrected chi connectivity index (χ1v) is 12.7. The number of ether oxygens (including phenoxy) is 2. The minimum Gasteiger partial charge on any atom is -0.384 e. The van der Waals surface area contributed by atoms with Gasteiger partial charge >= 0.3 is 0 Å². The standard InChI is InChI=1S/C27H29N7O2/c1-17-15-35-12-11-34(17)25-20-5-6-21(19-3-2-18-4-7-23(28)29-22(18)14-19)30-24(20)31-26(32-25)33-10-13-36-27(16-33)8-9-27/h2-7,14,17H,8-13,15-16H2,1H3,(H2,28,29)/t17-/m0/s1. The first-order valence-electron chi connectivity index (χ1n) is 12.7. The molecule has 2 aliphatic heterocycles. The van der Waals surface area contributed by atoms with Gasteiger partial charge in [-0.3, -0.25) is 0 Å². The third-order valence-corrected chi connectivity index (χ3v) is 7.52. The van der Waals surface area contributed by atoms with Gasteiger partial charge in [0.05, 0.1) is 48.1 Å². The molecule has 3 aromatic heterocycles. The molecule has 0 radical (unpaired) electrons. The first-order chi connectivity index (χ1) is 17.6. The van der Waals surface area contributed by atoms with Crippen LogP contribution in [0.4, 0.5) is 17.6 Å². The van der Waals surface area contributed by atoms with Crippen LogP contribution >= 0.6 is 0 Å². The molecule has 7 rings (SSSR count). The molecule has 3 aliphatic rings. The van der Waals surface area contributed by atoms with Crippen LogP contribution in [0.3, 0.4) is 0 Å². The molecule has 1 aromatic carbocycles. The number of rotatable bonds is 3. The fourth-order valence-corrected chi connectivity index (χ4v) is 5.30. The summed E-state index contributed by atoms with van der Waals surface area (Å²) in [5, 5.41) is 2.00. The van der Waals surface area contributed by atoms with Crippen LogP contribution in [0.1, 0.15) is 19.8 Å². The van der Waals surface area contributed by atoms with Crippen LogP contribution in [0, 0.1) is 0 Å². The number of hydrogen-bond donors (Lipinski definition) is 1. The van der Waals surface area contributed by atoms with E-state index in [2.05, 4.69) is 39.9 Å². The highest BCUT2D eigenvalue weighted by molar-refractivity contribution is 5.91. The molecule has 5 heterocycles. The van der Waals surface area contributed by atoms with Crippen LogP contribution in [-0.2, 0) is 9.47 Å². The lowest BCUT2D eigenvalue weighted by Gasteiger charge is -2.36. The molecular formula is C27H29N7O2. The van der Waals surface area contributed by atoms with Gasteiger partial charge < -0.3 is 25.0 Å². The van der Waals surface area contributed by atoms with Crippen molar-refractivity contribution in [1.29, 1.82) is 0 Å². The van der Waals surface area contributed by atoms with Gasteiger partial charge in [-0.1, -0.05) is 12.1 Å². The predicted molar refractivity (Wildman–Crippen MR) is 140 cm³/mol. The monoisotopic (exact) mass is 483 g/mol. The summed E-state index contributed by atoms with van der Waals surface area (Å²) in [6.45, 7) is 6.64. The van der Waals surface area contributed by atoms with E-state index >= 15 is 0 Å². The van der Waals surface area contributed by atoms with Crippen molar-refractivity contribution in [1.82, 2.24) is 19.9 Å². The third-order valence-electron chi connectivity index (χ3n) is 7.52. The summed E-state index contributed by atoms with van der Waals surface area (Å²) >= 11 is 0. The van der Waals surface area contributed by atoms with Gasteiger partial charge in [0.2, 0.25) is 5.95 Å². The minimum absolute atomic E-state index is 0.0157. The van der Waals surface area contributed by atoms with Crippen LogP contribution in [-0.4, -0.2) is 71.0 Å². The average Bonchev–Trinajstić information content (AvgIpc) is 3.65. The molecule has 1 saturated carbocycles. The molecule has 9 nitrogen and oxygen atoms in total. The van der Waals surface area contributed by atoms with Gasteiger partial charge in [0.15, 0.2) is 5.65 Å². The fraction of sp³-hybridized carbons (Fsp3) is 0.407. The molecule has 0 amide bonds. The Balaban J connectivity index is 1.35. The highest BCUT2D eigenvalue weighted by atomic mass is 16.5. The molecule has 1 aliphatic carbocycles. The SMILES string of the molecule is C[C@H]1COCCN1c1nc(N2CCOC3(CC3)C2)nc2nc(-c3ccc4ccc(N)nc4c3)ccc12. The number of aromatic nitrogens is 4. The number of hydrogen-bond acceptors (Lipinski definition) is 9. The maximum atomic E-state index is 6.05. The molecule has 1 spiro atoms. The molecule has 1 atom stereocenters. The van der Waals surface area contributed by atoms with Crippen molar-refractivity contribution < 1.29 is 9.47 Å². The summed E-state index contributed by atoms with van der Waals surface area (Å²) in [6.07, 6.45) is 2.21. The molecule has 4 aromatic rings. The number of benzene rings is 1. The van der Waals surface area contributed by atoms with Crippen molar-refractivity contribution in [3.05, 3.63) is 42.5 Å². The van der Waals surface area contributed by atoms with E-state index in [1.165, 1.54) is 0 Å². The van der Waals surface area contributed by atoms with Crippen molar-refractivity contribution in [3.63, 3.8) is 0 Å². The Morgan fingerprint density at radius 3 is 2.72 bits per heavy atom. The molecular weight excluding hydrogens is 454 g/mol. The van der Waals surface area contributed by atoms with Gasteiger partial charge in [-0.2, -0.15) is 9.97 Å². The van der Waals surface area contributed by atoms with E-state index in [-0.39, 0.29) is 11.6 Å². The maximum absolute atomic E-state index is 6.05. The zero-order chi connectivity index (χ0) is 24.3. The van der Waals surface area contributed by atoms with Crippen molar-refractivity contribution >= 4 is 39.5 Å². The highest BCUT2D eigenvalue weighted by Gasteiger charge is 2.48. The smallest absolute Gasteiger partial charge is 0.229 e. The van der Waals surface area contributed by atoms with Crippen molar-refractivity contribution in [2.75, 3.05) is 55.0 Å². The number of pyridine rings is 2. The first kappa shape index (κ1) is 21.7. The largest absolute Gasteiger partial charge is 0.384 e. The summed E-state index contributed by atoms with van der Waals surface area (Å²) in [4.78, 5) is 24.2. The number of fused-ring (bicyclic) bond motifs is 2. The second kappa shape index (κ2) is 8.25. The van der Waals surface area contributed by atoms with Gasteiger partial charge in [0.25, 0.3) is 0 Å². The van der Waals surface area contributed by atoms with Crippen molar-refractivity contribution in [2.45, 2.75) is 31.4 Å². The van der Waals surface area contributed by atoms with E-state index in [0.29, 0.717) is 31.3 Å². The Bertz CT molecular complexity index is 1470. The Labute approximate surface area is 209 Å². The summed E-state index contributed by atoms with van der Waals surface area (Å²) in [5.74, 6) is 2.16. The zero-order valence-electron chi connectivity index (χ0n) is 20.4. The zero-order valence-corrected chi connectivity index (χ0v) is 20.4. The molecule has 0 bridgehead atoms. The lowest BCUT2D eigenvalue weighted by Crippen LogP contribution is -2.46. The van der Waals surface area contributed by atoms with E-state index < -0.39 is 0 Å². The van der Waals surface area contributed by atoms with E-state index in [4.69, 9.17) is 30.2 Å². The van der Waals surface area contributed by atoms with Crippen LogP contribution in [0.5, 0.6) is 0 Å². The number of anilines is 3. The van der Waals surface area contributed by atoms with Gasteiger partial charge in [-0.05, 0) is 50.1 Å². The van der Waals surface area contributed by atoms with Crippen LogP contribution in [0.2, 0.25) is 0 Å². The van der Waals surface area contributed by atoms with Crippen LogP contribution in [0.25, 0.3) is 33.2 Å². The second-order valence-corrected chi connectivity index (χ2v) is 10.1. The van der Waals surface area contributed by atoms with E-state index in [1.54, 1.807) is 0 Å². The molecule has 36 heavy (non-hydrogen) atoms. The van der Waals surface area contributed by atoms with Crippen molar-refractivity contribution in [2.24, 2.45) is 0 Å². The van der Waals surface area contributed by atoms with Gasteiger partial charge in [0.1, 0.15) is 11.6 Å². The lowest BCUT2D eigenvalue weighted by atomic mass is 10.1. The molecule has 2 saturated heterocycles. The molecule has 2 N–H and O–H groups in total. The number of nitrogen functional groups attached to an aromatic ring is 1. The molecule has 0 unspecified atom stereocenters. The Morgan fingerprint density at radius 2 is 1.86 bits per heavy atom. The lowest BCUT2D eigenvalue weighted by molar-refractivity contribution is 0.0201. The Kier molecular flexibility index (Phi) is 4.97. The Hall–Kier alpha value is -3.56. The number of nitrogens with zero attached hydrogens (tertiary/aromatic N) is 6. The van der Waals surface area contributed by atoms with Gasteiger partial charge in [0, 0.05) is 30.6 Å². The van der Waals surface area contributed by atoms with E-state index in [0.717, 1.165) is 71.8 Å². The summed E-state index contributed by atoms with van der Waals surface area (Å²) in [5.41, 5.74) is 9.28. The van der Waals surface area contributed by atoms with Crippen molar-refractivity contribution in [3.8, 4) is 11.3 Å².